The van der Waals surface area contributed by atoms with E-state index in [9.17, 15) is 4.79 Å². The van der Waals surface area contributed by atoms with Crippen LogP contribution in [-0.2, 0) is 28.5 Å². The van der Waals surface area contributed by atoms with Gasteiger partial charge in [-0.25, -0.2) is 0 Å². The van der Waals surface area contributed by atoms with Crippen molar-refractivity contribution in [3.63, 3.8) is 0 Å². The number of esters is 1. The van der Waals surface area contributed by atoms with E-state index in [0.29, 0.717) is 59.3 Å². The van der Waals surface area contributed by atoms with Crippen molar-refractivity contribution in [1.29, 1.82) is 0 Å². The van der Waals surface area contributed by atoms with Crippen LogP contribution in [-0.4, -0.2) is 72.0 Å². The zero-order chi connectivity index (χ0) is 33.0. The van der Waals surface area contributed by atoms with Crippen molar-refractivity contribution < 1.29 is 33.2 Å². The number of carbonyl (C=O) groups excluding carboxylic acids is 1. The van der Waals surface area contributed by atoms with E-state index in [-0.39, 0.29) is 5.97 Å². The normalized spacial score (nSPS) is 11.2. The van der Waals surface area contributed by atoms with E-state index in [1.165, 1.54) is 89.9 Å². The Balaban J connectivity index is 1.69. The van der Waals surface area contributed by atoms with Gasteiger partial charge < -0.3 is 28.4 Å². The highest BCUT2D eigenvalue weighted by Gasteiger charge is 2.03. The molecule has 0 atom stereocenters. The van der Waals surface area contributed by atoms with Crippen LogP contribution in [0.4, 0.5) is 0 Å². The van der Waals surface area contributed by atoms with Gasteiger partial charge in [0.1, 0.15) is 12.4 Å². The van der Waals surface area contributed by atoms with Gasteiger partial charge in [0.2, 0.25) is 0 Å². The number of hydrogen-bond donors (Lipinski definition) is 0. The molecule has 0 saturated heterocycles. The van der Waals surface area contributed by atoms with Gasteiger partial charge in [-0.15, -0.1) is 0 Å². The Hall–Kier alpha value is -1.93. The minimum absolute atomic E-state index is 0.136. The van der Waals surface area contributed by atoms with Crippen LogP contribution in [0.25, 0.3) is 6.08 Å². The largest absolute Gasteiger partial charge is 0.494 e. The van der Waals surface area contributed by atoms with E-state index in [0.717, 1.165) is 50.2 Å². The molecule has 0 aliphatic rings. The molecule has 1 aromatic carbocycles. The summed E-state index contributed by atoms with van der Waals surface area (Å²) in [6, 6.07) is 8.02. The smallest absolute Gasteiger partial charge is 0.305 e. The zero-order valence-corrected chi connectivity index (χ0v) is 29.5. The molecule has 1 aromatic rings. The second-order valence-corrected chi connectivity index (χ2v) is 12.1. The minimum Gasteiger partial charge on any atom is -0.494 e. The summed E-state index contributed by atoms with van der Waals surface area (Å²) in [5, 5.41) is 0. The third kappa shape index (κ3) is 29.5. The van der Waals surface area contributed by atoms with Crippen LogP contribution >= 0.6 is 0 Å². The first-order valence-electron chi connectivity index (χ1n) is 18.6. The molecule has 0 heterocycles. The highest BCUT2D eigenvalue weighted by Crippen LogP contribution is 2.15. The average Bonchev–Trinajstić information content (AvgIpc) is 3.07. The third-order valence-electron chi connectivity index (χ3n) is 7.91. The molecule has 266 valence electrons. The molecule has 46 heavy (non-hydrogen) atoms. The lowest BCUT2D eigenvalue weighted by Crippen LogP contribution is -2.14. The lowest BCUT2D eigenvalue weighted by Gasteiger charge is -2.08. The molecule has 0 fully saturated rings. The SMILES string of the molecule is C=Cc1ccc(OCCCCCCCCCCC(=O)OCCOCCOCCOCCOCCCCCCCCCCCC)cc1. The van der Waals surface area contributed by atoms with E-state index in [2.05, 4.69) is 13.5 Å². The Morgan fingerprint density at radius 2 is 0.935 bits per heavy atom. The van der Waals surface area contributed by atoms with Crippen LogP contribution in [0.5, 0.6) is 5.75 Å². The summed E-state index contributed by atoms with van der Waals surface area (Å²) in [4.78, 5) is 11.9. The maximum absolute atomic E-state index is 11.9. The van der Waals surface area contributed by atoms with Crippen molar-refractivity contribution in [1.82, 2.24) is 0 Å². The quantitative estimate of drug-likeness (QED) is 0.0530. The second kappa shape index (κ2) is 34.4. The molecule has 0 aliphatic heterocycles. The Kier molecular flexibility index (Phi) is 31.5. The molecular weight excluding hydrogens is 580 g/mol. The molecule has 0 N–H and O–H groups in total. The molecule has 0 radical (unpaired) electrons. The van der Waals surface area contributed by atoms with Crippen molar-refractivity contribution in [2.75, 3.05) is 66.1 Å². The number of unbranched alkanes of at least 4 members (excludes halogenated alkanes) is 16. The first-order valence-corrected chi connectivity index (χ1v) is 18.6. The number of rotatable bonds is 36. The maximum atomic E-state index is 11.9. The monoisotopic (exact) mass is 648 g/mol. The summed E-state index contributed by atoms with van der Waals surface area (Å²) >= 11 is 0. The Bertz CT molecular complexity index is 783. The van der Waals surface area contributed by atoms with E-state index in [1.54, 1.807) is 0 Å². The van der Waals surface area contributed by atoms with Crippen LogP contribution in [0, 0.1) is 0 Å². The molecule has 0 amide bonds. The molecule has 0 saturated carbocycles. The molecule has 7 heteroatoms. The van der Waals surface area contributed by atoms with Gasteiger partial charge >= 0.3 is 5.97 Å². The molecule has 7 nitrogen and oxygen atoms in total. The zero-order valence-electron chi connectivity index (χ0n) is 29.5. The van der Waals surface area contributed by atoms with Gasteiger partial charge in [-0.3, -0.25) is 4.79 Å². The summed E-state index contributed by atoms with van der Waals surface area (Å²) in [6.07, 6.45) is 24.8. The van der Waals surface area contributed by atoms with Crippen LogP contribution in [0.3, 0.4) is 0 Å². The Morgan fingerprint density at radius 3 is 1.43 bits per heavy atom. The van der Waals surface area contributed by atoms with Crippen molar-refractivity contribution in [3.8, 4) is 5.75 Å². The maximum Gasteiger partial charge on any atom is 0.305 e. The fourth-order valence-corrected chi connectivity index (χ4v) is 5.06. The van der Waals surface area contributed by atoms with E-state index in [4.69, 9.17) is 28.4 Å². The first-order chi connectivity index (χ1) is 22.8. The molecule has 1 rings (SSSR count). The van der Waals surface area contributed by atoms with Crippen molar-refractivity contribution in [3.05, 3.63) is 36.4 Å². The van der Waals surface area contributed by atoms with Gasteiger partial charge in [-0.1, -0.05) is 128 Å². The van der Waals surface area contributed by atoms with Gasteiger partial charge in [0, 0.05) is 13.0 Å². The Labute approximate surface area is 282 Å². The number of ether oxygens (including phenoxy) is 6. The van der Waals surface area contributed by atoms with Crippen LogP contribution < -0.4 is 4.74 Å². The van der Waals surface area contributed by atoms with Gasteiger partial charge in [-0.05, 0) is 37.0 Å². The molecule has 0 spiro atoms. The molecule has 0 bridgehead atoms. The topological polar surface area (TPSA) is 72.5 Å². The standard InChI is InChI=1S/C39H68O7/c1-3-5-6-7-8-9-11-14-17-20-27-41-29-30-42-31-32-43-33-34-44-35-36-46-39(40)22-19-16-13-10-12-15-18-21-28-45-38-25-23-37(4-2)24-26-38/h4,23-26H,2-3,5-22,27-36H2,1H3. The van der Waals surface area contributed by atoms with Gasteiger partial charge in [0.25, 0.3) is 0 Å². The summed E-state index contributed by atoms with van der Waals surface area (Å²) in [5.41, 5.74) is 1.11. The van der Waals surface area contributed by atoms with Crippen molar-refractivity contribution in [2.45, 2.75) is 129 Å². The molecule has 0 aliphatic carbocycles. The first kappa shape index (κ1) is 42.1. The molecule has 0 unspecified atom stereocenters. The third-order valence-corrected chi connectivity index (χ3v) is 7.91. The Morgan fingerprint density at radius 1 is 0.522 bits per heavy atom. The van der Waals surface area contributed by atoms with E-state index in [1.807, 2.05) is 30.3 Å². The summed E-state index contributed by atoms with van der Waals surface area (Å²) < 4.78 is 33.2. The van der Waals surface area contributed by atoms with Crippen LogP contribution in [0.2, 0.25) is 0 Å². The predicted molar refractivity (Wildman–Crippen MR) is 190 cm³/mol. The lowest BCUT2D eigenvalue weighted by atomic mass is 10.1. The molecule has 0 aromatic heterocycles. The number of carbonyl (C=O) groups is 1. The van der Waals surface area contributed by atoms with Gasteiger partial charge in [0.15, 0.2) is 0 Å². The van der Waals surface area contributed by atoms with Gasteiger partial charge in [0.05, 0.1) is 52.9 Å². The van der Waals surface area contributed by atoms with Gasteiger partial charge in [-0.2, -0.15) is 0 Å². The van der Waals surface area contributed by atoms with E-state index < -0.39 is 0 Å². The summed E-state index contributed by atoms with van der Waals surface area (Å²) in [5.74, 6) is 0.786. The van der Waals surface area contributed by atoms with Crippen LogP contribution in [0.1, 0.15) is 134 Å². The van der Waals surface area contributed by atoms with Crippen LogP contribution in [0.15, 0.2) is 30.8 Å². The highest BCUT2D eigenvalue weighted by atomic mass is 16.6. The van der Waals surface area contributed by atoms with Crippen molar-refractivity contribution in [2.24, 2.45) is 0 Å². The summed E-state index contributed by atoms with van der Waals surface area (Å²) in [7, 11) is 0. The minimum atomic E-state index is -0.136. The van der Waals surface area contributed by atoms with Crippen molar-refractivity contribution >= 4 is 12.0 Å². The number of hydrogen-bond acceptors (Lipinski definition) is 7. The fourth-order valence-electron chi connectivity index (χ4n) is 5.06. The van der Waals surface area contributed by atoms with E-state index >= 15 is 0 Å². The second-order valence-electron chi connectivity index (χ2n) is 12.1. The fraction of sp³-hybridized carbons (Fsp3) is 0.769. The predicted octanol–water partition coefficient (Wildman–Crippen LogP) is 9.75. The molecular formula is C39H68O7. The highest BCUT2D eigenvalue weighted by molar-refractivity contribution is 5.69. The lowest BCUT2D eigenvalue weighted by molar-refractivity contribution is -0.145. The average molecular weight is 649 g/mol. The summed E-state index contributed by atoms with van der Waals surface area (Å²) in [6.45, 7) is 11.7. The number of benzene rings is 1.